The van der Waals surface area contributed by atoms with Crippen LogP contribution in [0.15, 0.2) is 0 Å². The van der Waals surface area contributed by atoms with Gasteiger partial charge in [-0.3, -0.25) is 0 Å². The number of hydrogen-bond acceptors (Lipinski definition) is 1. The highest BCUT2D eigenvalue weighted by Gasteiger charge is 2.32. The molecular weight excluding hydrogens is 165 g/mol. The number of alkyl halides is 1. The van der Waals surface area contributed by atoms with E-state index in [1.54, 1.807) is 0 Å². The van der Waals surface area contributed by atoms with Crippen molar-refractivity contribution in [1.82, 2.24) is 5.32 Å². The molecule has 0 aliphatic heterocycles. The third kappa shape index (κ3) is 2.04. The predicted octanol–water partition coefficient (Wildman–Crippen LogP) is 2.66. The quantitative estimate of drug-likeness (QED) is 0.697. The molecule has 0 heterocycles. The monoisotopic (exact) mass is 185 g/mol. The van der Waals surface area contributed by atoms with Gasteiger partial charge in [0.25, 0.3) is 0 Å². The fourth-order valence-corrected chi connectivity index (χ4v) is 2.46. The van der Waals surface area contributed by atoms with Crippen molar-refractivity contribution in [2.75, 3.05) is 0 Å². The van der Waals surface area contributed by atoms with Gasteiger partial charge < -0.3 is 5.32 Å². The molecule has 0 spiro atoms. The minimum Gasteiger partial charge on any atom is -0.308 e. The maximum absolute atomic E-state index is 13.4. The second-order valence-electron chi connectivity index (χ2n) is 4.73. The van der Waals surface area contributed by atoms with Crippen molar-refractivity contribution < 1.29 is 4.39 Å². The lowest BCUT2D eigenvalue weighted by molar-refractivity contribution is 0.133. The van der Waals surface area contributed by atoms with Gasteiger partial charge in [0.05, 0.1) is 0 Å². The number of halogens is 1. The number of nitrogens with one attached hydrogen (secondary N) is 1. The maximum atomic E-state index is 13.4. The maximum Gasteiger partial charge on any atom is 0.115 e. The molecular formula is C11H20FN. The van der Waals surface area contributed by atoms with Crippen LogP contribution in [0.5, 0.6) is 0 Å². The molecule has 0 aromatic carbocycles. The van der Waals surface area contributed by atoms with E-state index in [1.165, 1.54) is 19.3 Å². The van der Waals surface area contributed by atoms with Gasteiger partial charge in [-0.05, 0) is 31.6 Å². The van der Waals surface area contributed by atoms with Crippen LogP contribution in [0.2, 0.25) is 0 Å². The van der Waals surface area contributed by atoms with E-state index in [2.05, 4.69) is 12.2 Å². The molecule has 2 rings (SSSR count). The summed E-state index contributed by atoms with van der Waals surface area (Å²) in [5.74, 6) is 0.772. The van der Waals surface area contributed by atoms with Gasteiger partial charge in [0.1, 0.15) is 6.17 Å². The Morgan fingerprint density at radius 3 is 2.31 bits per heavy atom. The Morgan fingerprint density at radius 1 is 1.00 bits per heavy atom. The molecule has 76 valence electrons. The van der Waals surface area contributed by atoms with Crippen molar-refractivity contribution in [2.24, 2.45) is 5.92 Å². The van der Waals surface area contributed by atoms with Crippen LogP contribution in [-0.4, -0.2) is 18.3 Å². The average molecular weight is 185 g/mol. The molecule has 0 saturated heterocycles. The molecule has 0 radical (unpaired) electrons. The van der Waals surface area contributed by atoms with Gasteiger partial charge in [0.15, 0.2) is 0 Å². The Hall–Kier alpha value is -0.110. The van der Waals surface area contributed by atoms with Crippen LogP contribution >= 0.6 is 0 Å². The minimum atomic E-state index is -0.582. The predicted molar refractivity (Wildman–Crippen MR) is 52.5 cm³/mol. The Labute approximate surface area is 80.1 Å². The molecule has 1 nitrogen and oxygen atoms in total. The van der Waals surface area contributed by atoms with Crippen LogP contribution in [0.1, 0.15) is 45.4 Å². The first-order valence-electron chi connectivity index (χ1n) is 5.67. The highest BCUT2D eigenvalue weighted by atomic mass is 19.1. The van der Waals surface area contributed by atoms with Gasteiger partial charge in [0.2, 0.25) is 0 Å². The molecule has 4 atom stereocenters. The molecule has 2 fully saturated rings. The Balaban J connectivity index is 1.78. The number of hydrogen-bond donors (Lipinski definition) is 1. The molecule has 13 heavy (non-hydrogen) atoms. The van der Waals surface area contributed by atoms with E-state index in [0.717, 1.165) is 25.2 Å². The van der Waals surface area contributed by atoms with Crippen molar-refractivity contribution in [3.63, 3.8) is 0 Å². The van der Waals surface area contributed by atoms with Gasteiger partial charge in [0, 0.05) is 12.1 Å². The summed E-state index contributed by atoms with van der Waals surface area (Å²) in [6, 6.07) is 0.780. The number of rotatable bonds is 2. The second kappa shape index (κ2) is 3.95. The van der Waals surface area contributed by atoms with Gasteiger partial charge in [-0.15, -0.1) is 0 Å². The molecule has 0 bridgehead atoms. The van der Waals surface area contributed by atoms with Crippen molar-refractivity contribution in [3.05, 3.63) is 0 Å². The van der Waals surface area contributed by atoms with Crippen LogP contribution in [0.3, 0.4) is 0 Å². The van der Waals surface area contributed by atoms with Crippen LogP contribution < -0.4 is 5.32 Å². The van der Waals surface area contributed by atoms with Crippen LogP contribution in [0.25, 0.3) is 0 Å². The molecule has 0 aromatic heterocycles. The average Bonchev–Trinajstić information content (AvgIpc) is 2.14. The van der Waals surface area contributed by atoms with Gasteiger partial charge >= 0.3 is 0 Å². The van der Waals surface area contributed by atoms with Gasteiger partial charge in [-0.1, -0.05) is 19.8 Å². The van der Waals surface area contributed by atoms with E-state index in [-0.39, 0.29) is 6.04 Å². The van der Waals surface area contributed by atoms with Crippen LogP contribution in [0.4, 0.5) is 4.39 Å². The molecule has 2 heteroatoms. The summed E-state index contributed by atoms with van der Waals surface area (Å²) in [6.07, 6.45) is 6.11. The summed E-state index contributed by atoms with van der Waals surface area (Å²) < 4.78 is 13.4. The first kappa shape index (κ1) is 9.45. The topological polar surface area (TPSA) is 12.0 Å². The standard InChI is InChI=1S/C11H20FN/c1-8-6-7-10(8)13-11-5-3-2-4-9(11)12/h8-11,13H,2-7H2,1H3/t8?,9-,10?,11-/m1/s1. The van der Waals surface area contributed by atoms with Crippen molar-refractivity contribution in [2.45, 2.75) is 63.7 Å². The summed E-state index contributed by atoms with van der Waals surface area (Å²) >= 11 is 0. The SMILES string of the molecule is CC1CCC1N[C@@H]1CCCC[C@H]1F. The molecule has 1 N–H and O–H groups in total. The smallest absolute Gasteiger partial charge is 0.115 e. The first-order chi connectivity index (χ1) is 6.27. The third-order valence-corrected chi connectivity index (χ3v) is 3.73. The zero-order chi connectivity index (χ0) is 9.26. The highest BCUT2D eigenvalue weighted by Crippen LogP contribution is 2.29. The lowest BCUT2D eigenvalue weighted by Gasteiger charge is -2.39. The lowest BCUT2D eigenvalue weighted by Crippen LogP contribution is -2.51. The van der Waals surface area contributed by atoms with Crippen LogP contribution in [-0.2, 0) is 0 Å². The van der Waals surface area contributed by atoms with Gasteiger partial charge in [-0.2, -0.15) is 0 Å². The van der Waals surface area contributed by atoms with E-state index in [1.807, 2.05) is 0 Å². The Kier molecular flexibility index (Phi) is 2.87. The van der Waals surface area contributed by atoms with Crippen molar-refractivity contribution in [1.29, 1.82) is 0 Å². The highest BCUT2D eigenvalue weighted by molar-refractivity contribution is 4.90. The molecule has 0 aromatic rings. The minimum absolute atomic E-state index is 0.168. The largest absolute Gasteiger partial charge is 0.308 e. The van der Waals surface area contributed by atoms with Crippen molar-refractivity contribution in [3.8, 4) is 0 Å². The Morgan fingerprint density at radius 2 is 1.77 bits per heavy atom. The summed E-state index contributed by atoms with van der Waals surface area (Å²) in [6.45, 7) is 2.26. The van der Waals surface area contributed by atoms with Crippen LogP contribution in [0, 0.1) is 5.92 Å². The molecule has 2 unspecified atom stereocenters. The summed E-state index contributed by atoms with van der Waals surface area (Å²) in [5.41, 5.74) is 0. The zero-order valence-electron chi connectivity index (χ0n) is 8.43. The van der Waals surface area contributed by atoms with E-state index in [9.17, 15) is 4.39 Å². The zero-order valence-corrected chi connectivity index (χ0v) is 8.43. The summed E-state index contributed by atoms with van der Waals surface area (Å²) in [4.78, 5) is 0. The lowest BCUT2D eigenvalue weighted by atomic mass is 9.79. The molecule has 2 saturated carbocycles. The van der Waals surface area contributed by atoms with Crippen molar-refractivity contribution >= 4 is 0 Å². The molecule has 2 aliphatic rings. The molecule has 2 aliphatic carbocycles. The van der Waals surface area contributed by atoms with Gasteiger partial charge in [-0.25, -0.2) is 4.39 Å². The second-order valence-corrected chi connectivity index (χ2v) is 4.73. The first-order valence-corrected chi connectivity index (χ1v) is 5.67. The Bertz CT molecular complexity index is 171. The normalized spacial score (nSPS) is 45.7. The fraction of sp³-hybridized carbons (Fsp3) is 1.00. The van der Waals surface area contributed by atoms with E-state index >= 15 is 0 Å². The molecule has 0 amide bonds. The summed E-state index contributed by atoms with van der Waals surface area (Å²) in [5, 5.41) is 3.48. The third-order valence-electron chi connectivity index (χ3n) is 3.73. The van der Waals surface area contributed by atoms with E-state index in [0.29, 0.717) is 6.04 Å². The fourth-order valence-electron chi connectivity index (χ4n) is 2.46. The summed E-state index contributed by atoms with van der Waals surface area (Å²) in [7, 11) is 0. The van der Waals surface area contributed by atoms with E-state index in [4.69, 9.17) is 0 Å². The van der Waals surface area contributed by atoms with E-state index < -0.39 is 6.17 Å².